The van der Waals surface area contributed by atoms with E-state index in [2.05, 4.69) is 12.7 Å². The molecule has 2 aliphatic carbocycles. The topological polar surface area (TPSA) is 130 Å². The Morgan fingerprint density at radius 2 is 1.80 bits per heavy atom. The lowest BCUT2D eigenvalue weighted by Crippen LogP contribution is -2.70. The van der Waals surface area contributed by atoms with Crippen molar-refractivity contribution in [1.82, 2.24) is 4.90 Å². The summed E-state index contributed by atoms with van der Waals surface area (Å²) in [6.45, 7) is 10.0. The van der Waals surface area contributed by atoms with Crippen molar-refractivity contribution in [1.29, 1.82) is 0 Å². The number of oxime groups is 1. The number of hydrogen-bond acceptors (Lipinski definition) is 9. The summed E-state index contributed by atoms with van der Waals surface area (Å²) in [5.74, 6) is -1.95. The van der Waals surface area contributed by atoms with Gasteiger partial charge >= 0.3 is 6.09 Å². The number of aliphatic hydroxyl groups is 2. The second-order valence-electron chi connectivity index (χ2n) is 14.7. The molecule has 51 heavy (non-hydrogen) atoms. The Bertz CT molecular complexity index is 1570. The number of carbonyl (C=O) groups excluding carboxylic acids is 1. The molecule has 6 unspecified atom stereocenters. The zero-order chi connectivity index (χ0) is 36.8. The SMILES string of the molecule is C=CCOC12Oc3ccc(O)cc3C3C(CCCCO)C(CCCCO)C=C(C(=NOC(C)(C)C)CC1N(Cc1ccc(F)cc1)C(=O)OC)C32. The molecule has 0 saturated heterocycles. The predicted octanol–water partition coefficient (Wildman–Crippen LogP) is 7.23. The Labute approximate surface area is 300 Å². The molecule has 0 spiro atoms. The van der Waals surface area contributed by atoms with Crippen LogP contribution in [0.5, 0.6) is 11.5 Å². The van der Waals surface area contributed by atoms with Gasteiger partial charge in [0.1, 0.15) is 29.0 Å². The fraction of sp³-hybridized carbons (Fsp3) is 0.550. The Hall–Kier alpha value is -3.93. The number of methoxy groups -OCH3 is 1. The molecule has 2 aromatic rings. The number of nitrogens with zero attached hydrogens (tertiary/aromatic N) is 2. The summed E-state index contributed by atoms with van der Waals surface area (Å²) in [6, 6.07) is 10.2. The quantitative estimate of drug-likeness (QED) is 0.100. The summed E-state index contributed by atoms with van der Waals surface area (Å²) < 4.78 is 33.3. The largest absolute Gasteiger partial charge is 0.508 e. The van der Waals surface area contributed by atoms with E-state index in [4.69, 9.17) is 24.2 Å². The van der Waals surface area contributed by atoms with Gasteiger partial charge in [0.25, 0.3) is 0 Å². The van der Waals surface area contributed by atoms with E-state index in [0.29, 0.717) is 29.9 Å². The molecule has 0 bridgehead atoms. The number of rotatable bonds is 15. The summed E-state index contributed by atoms with van der Waals surface area (Å²) in [5.41, 5.74) is 2.42. The van der Waals surface area contributed by atoms with Gasteiger partial charge in [0.15, 0.2) is 0 Å². The Morgan fingerprint density at radius 3 is 2.45 bits per heavy atom. The number of aromatic hydroxyl groups is 1. The van der Waals surface area contributed by atoms with Gasteiger partial charge in [-0.25, -0.2) is 9.18 Å². The molecule has 1 heterocycles. The molecular formula is C40H53FN2O8. The number of fused-ring (bicyclic) bond motifs is 2. The third-order valence-electron chi connectivity index (χ3n) is 10.1. The molecule has 10 nitrogen and oxygen atoms in total. The zero-order valence-corrected chi connectivity index (χ0v) is 30.2. The maximum atomic E-state index is 14.0. The van der Waals surface area contributed by atoms with E-state index in [1.165, 1.54) is 19.2 Å². The first kappa shape index (κ1) is 38.3. The molecule has 3 N–H and O–H groups in total. The third kappa shape index (κ3) is 8.42. The first-order chi connectivity index (χ1) is 24.5. The Kier molecular flexibility index (Phi) is 12.5. The van der Waals surface area contributed by atoms with Crippen molar-refractivity contribution in [2.24, 2.45) is 22.9 Å². The van der Waals surface area contributed by atoms with Crippen LogP contribution in [-0.4, -0.2) is 76.4 Å². The van der Waals surface area contributed by atoms with Crippen LogP contribution in [0.15, 0.2) is 71.9 Å². The van der Waals surface area contributed by atoms with Crippen LogP contribution in [0.1, 0.15) is 82.8 Å². The minimum absolute atomic E-state index is 0.0207. The molecule has 6 atom stereocenters. The Morgan fingerprint density at radius 1 is 1.10 bits per heavy atom. The second kappa shape index (κ2) is 16.6. The van der Waals surface area contributed by atoms with E-state index < -0.39 is 35.3 Å². The lowest BCUT2D eigenvalue weighted by molar-refractivity contribution is -0.256. The zero-order valence-electron chi connectivity index (χ0n) is 30.2. The van der Waals surface area contributed by atoms with Crippen molar-refractivity contribution < 1.29 is 43.6 Å². The maximum Gasteiger partial charge on any atom is 0.410 e. The first-order valence-corrected chi connectivity index (χ1v) is 18.0. The van der Waals surface area contributed by atoms with Crippen LogP contribution in [0.25, 0.3) is 0 Å². The monoisotopic (exact) mass is 708 g/mol. The number of carbonyl (C=O) groups is 1. The van der Waals surface area contributed by atoms with E-state index in [-0.39, 0.29) is 56.3 Å². The number of phenols is 1. The molecule has 11 heteroatoms. The number of allylic oxidation sites excluding steroid dienone is 1. The molecule has 1 fully saturated rings. The fourth-order valence-electron chi connectivity index (χ4n) is 8.06. The predicted molar refractivity (Wildman–Crippen MR) is 192 cm³/mol. The van der Waals surface area contributed by atoms with E-state index in [9.17, 15) is 24.5 Å². The number of phenolic OH excluding ortho intramolecular Hbond substituents is 1. The number of halogens is 1. The summed E-state index contributed by atoms with van der Waals surface area (Å²) >= 11 is 0. The van der Waals surface area contributed by atoms with Crippen LogP contribution < -0.4 is 4.74 Å². The highest BCUT2D eigenvalue weighted by Crippen LogP contribution is 2.62. The fourth-order valence-corrected chi connectivity index (χ4v) is 8.06. The minimum Gasteiger partial charge on any atom is -0.508 e. The van der Waals surface area contributed by atoms with Crippen LogP contribution in [0.3, 0.4) is 0 Å². The van der Waals surface area contributed by atoms with Crippen molar-refractivity contribution in [3.8, 4) is 11.5 Å². The molecule has 1 aliphatic heterocycles. The molecule has 5 rings (SSSR count). The van der Waals surface area contributed by atoms with Gasteiger partial charge in [0.05, 0.1) is 25.3 Å². The van der Waals surface area contributed by atoms with Gasteiger partial charge in [0.2, 0.25) is 5.79 Å². The average Bonchev–Trinajstić information content (AvgIpc) is 3.10. The van der Waals surface area contributed by atoms with Crippen molar-refractivity contribution in [3.63, 3.8) is 0 Å². The first-order valence-electron chi connectivity index (χ1n) is 18.0. The molecule has 2 aromatic carbocycles. The summed E-state index contributed by atoms with van der Waals surface area (Å²) in [6.07, 6.45) is 7.93. The van der Waals surface area contributed by atoms with Gasteiger partial charge < -0.3 is 34.4 Å². The molecular weight excluding hydrogens is 655 g/mol. The van der Waals surface area contributed by atoms with Crippen LogP contribution in [0.4, 0.5) is 9.18 Å². The normalized spacial score (nSPS) is 26.0. The van der Waals surface area contributed by atoms with E-state index >= 15 is 0 Å². The number of aliphatic hydroxyl groups excluding tert-OH is 2. The van der Waals surface area contributed by atoms with Crippen LogP contribution in [0, 0.1) is 23.6 Å². The molecule has 3 aliphatic rings. The number of amides is 1. The van der Waals surface area contributed by atoms with Crippen molar-refractivity contribution >= 4 is 11.8 Å². The van der Waals surface area contributed by atoms with Crippen LogP contribution in [-0.2, 0) is 20.9 Å². The third-order valence-corrected chi connectivity index (χ3v) is 10.1. The highest BCUT2D eigenvalue weighted by atomic mass is 19.1. The summed E-state index contributed by atoms with van der Waals surface area (Å²) in [4.78, 5) is 21.6. The number of unbranched alkanes of at least 4 members (excludes halogenated alkanes) is 2. The van der Waals surface area contributed by atoms with E-state index in [1.807, 2.05) is 20.8 Å². The average molecular weight is 709 g/mol. The maximum absolute atomic E-state index is 14.0. The van der Waals surface area contributed by atoms with Gasteiger partial charge in [-0.05, 0) is 99.8 Å². The number of hydrogen-bond donors (Lipinski definition) is 3. The highest BCUT2D eigenvalue weighted by molar-refractivity contribution is 6.03. The molecule has 0 aromatic heterocycles. The van der Waals surface area contributed by atoms with Gasteiger partial charge in [-0.3, -0.25) is 4.90 Å². The summed E-state index contributed by atoms with van der Waals surface area (Å²) in [5, 5.41) is 35.1. The molecule has 0 radical (unpaired) electrons. The Balaban J connectivity index is 1.79. The smallest absolute Gasteiger partial charge is 0.410 e. The minimum atomic E-state index is -1.48. The lowest BCUT2D eigenvalue weighted by Gasteiger charge is -2.59. The van der Waals surface area contributed by atoms with Gasteiger partial charge in [0, 0.05) is 37.7 Å². The number of benzene rings is 2. The van der Waals surface area contributed by atoms with Crippen molar-refractivity contribution in [2.45, 2.75) is 95.6 Å². The van der Waals surface area contributed by atoms with Crippen molar-refractivity contribution in [2.75, 3.05) is 26.9 Å². The van der Waals surface area contributed by atoms with Gasteiger partial charge in [-0.15, -0.1) is 6.58 Å². The lowest BCUT2D eigenvalue weighted by atomic mass is 9.55. The van der Waals surface area contributed by atoms with Crippen LogP contribution >= 0.6 is 0 Å². The van der Waals surface area contributed by atoms with Crippen molar-refractivity contribution in [3.05, 3.63) is 83.7 Å². The van der Waals surface area contributed by atoms with E-state index in [1.54, 1.807) is 41.3 Å². The number of ether oxygens (including phenoxy) is 3. The van der Waals surface area contributed by atoms with E-state index in [0.717, 1.165) is 36.8 Å². The summed E-state index contributed by atoms with van der Waals surface area (Å²) in [7, 11) is 1.32. The molecule has 1 amide bonds. The standard InChI is InChI=1S/C40H53FN2O8/c1-6-21-49-40-35(43(38(47)48-5)25-26-13-15-28(41)16-14-26)24-33(42-51-39(2,3)4)31-22-27(11-7-9-19-44)30(12-8-10-20-45)36(37(31)40)32-23-29(46)17-18-34(32)50-40/h6,13-18,22-23,27,30,35-37,44-46H,1,7-12,19-21,24-25H2,2-5H3. The van der Waals surface area contributed by atoms with Gasteiger partial charge in [-0.2, -0.15) is 0 Å². The van der Waals surface area contributed by atoms with Gasteiger partial charge in [-0.1, -0.05) is 42.3 Å². The second-order valence-corrected chi connectivity index (χ2v) is 14.7. The molecule has 1 saturated carbocycles. The van der Waals surface area contributed by atoms with Crippen LogP contribution in [0.2, 0.25) is 0 Å². The molecule has 278 valence electrons. The highest BCUT2D eigenvalue weighted by Gasteiger charge is 2.65.